The Balaban J connectivity index is 1.95. The van der Waals surface area contributed by atoms with Crippen molar-refractivity contribution in [1.29, 1.82) is 0 Å². The summed E-state index contributed by atoms with van der Waals surface area (Å²) in [7, 11) is -3.46. The minimum Gasteiger partial charge on any atom is -0.392 e. The van der Waals surface area contributed by atoms with Gasteiger partial charge in [0.05, 0.1) is 6.61 Å². The summed E-state index contributed by atoms with van der Waals surface area (Å²) >= 11 is 1.14. The molecule has 0 spiro atoms. The molecule has 0 aliphatic carbocycles. The van der Waals surface area contributed by atoms with Gasteiger partial charge in [-0.05, 0) is 49.9 Å². The van der Waals surface area contributed by atoms with Crippen LogP contribution in [0.15, 0.2) is 15.7 Å². The van der Waals surface area contributed by atoms with Gasteiger partial charge in [-0.1, -0.05) is 0 Å². The van der Waals surface area contributed by atoms with E-state index in [0.717, 1.165) is 31.0 Å². The van der Waals surface area contributed by atoms with Crippen LogP contribution < -0.4 is 4.72 Å². The van der Waals surface area contributed by atoms with E-state index in [1.54, 1.807) is 5.38 Å². The number of nitrogens with one attached hydrogen (secondary N) is 1. The minimum absolute atomic E-state index is 0.109. The summed E-state index contributed by atoms with van der Waals surface area (Å²) in [5, 5.41) is 10.6. The number of rotatable bonds is 6. The van der Waals surface area contributed by atoms with Crippen LogP contribution in [0.4, 0.5) is 0 Å². The molecule has 1 fully saturated rings. The summed E-state index contributed by atoms with van der Waals surface area (Å²) in [4.78, 5) is 2.28. The standard InChI is InChI=1S/C12H20N2O3S2/c1-10(7-14-4-2-3-5-14)13-19(16,17)12-6-11(8-15)9-18-12/h6,9-10,13,15H,2-5,7-8H2,1H3. The maximum absolute atomic E-state index is 12.1. The smallest absolute Gasteiger partial charge is 0.250 e. The number of hydrogen-bond donors (Lipinski definition) is 2. The molecule has 1 atom stereocenters. The van der Waals surface area contributed by atoms with Gasteiger partial charge in [0.15, 0.2) is 0 Å². The first-order chi connectivity index (χ1) is 9.01. The minimum atomic E-state index is -3.46. The lowest BCUT2D eigenvalue weighted by molar-refractivity contribution is 0.282. The lowest BCUT2D eigenvalue weighted by atomic mass is 10.3. The topological polar surface area (TPSA) is 69.6 Å². The van der Waals surface area contributed by atoms with Gasteiger partial charge in [-0.15, -0.1) is 11.3 Å². The van der Waals surface area contributed by atoms with Crippen molar-refractivity contribution in [3.63, 3.8) is 0 Å². The molecular weight excluding hydrogens is 284 g/mol. The van der Waals surface area contributed by atoms with Gasteiger partial charge < -0.3 is 10.0 Å². The molecular formula is C12H20N2O3S2. The number of likely N-dealkylation sites (tertiary alicyclic amines) is 1. The summed E-state index contributed by atoms with van der Waals surface area (Å²) in [5.41, 5.74) is 0.637. The second kappa shape index (κ2) is 6.32. The third-order valence-corrected chi connectivity index (χ3v) is 6.24. The van der Waals surface area contributed by atoms with Crippen LogP contribution in [0.3, 0.4) is 0 Å². The monoisotopic (exact) mass is 304 g/mol. The maximum Gasteiger partial charge on any atom is 0.250 e. The molecule has 1 aliphatic rings. The van der Waals surface area contributed by atoms with Gasteiger partial charge in [0.25, 0.3) is 0 Å². The van der Waals surface area contributed by atoms with Crippen molar-refractivity contribution >= 4 is 21.4 Å². The quantitative estimate of drug-likeness (QED) is 0.823. The van der Waals surface area contributed by atoms with E-state index in [4.69, 9.17) is 5.11 Å². The highest BCUT2D eigenvalue weighted by atomic mass is 32.2. The summed E-state index contributed by atoms with van der Waals surface area (Å²) in [5.74, 6) is 0. The number of aliphatic hydroxyl groups is 1. The fraction of sp³-hybridized carbons (Fsp3) is 0.667. The van der Waals surface area contributed by atoms with Crippen LogP contribution >= 0.6 is 11.3 Å². The summed E-state index contributed by atoms with van der Waals surface area (Å²) < 4.78 is 27.3. The number of nitrogens with zero attached hydrogens (tertiary/aromatic N) is 1. The van der Waals surface area contributed by atoms with Gasteiger partial charge in [0.2, 0.25) is 10.0 Å². The Morgan fingerprint density at radius 3 is 2.74 bits per heavy atom. The van der Waals surface area contributed by atoms with Crippen molar-refractivity contribution in [2.45, 2.75) is 36.6 Å². The average Bonchev–Trinajstić information content (AvgIpc) is 2.97. The Morgan fingerprint density at radius 2 is 2.16 bits per heavy atom. The van der Waals surface area contributed by atoms with E-state index in [-0.39, 0.29) is 16.9 Å². The largest absolute Gasteiger partial charge is 0.392 e. The third kappa shape index (κ3) is 4.00. The molecule has 108 valence electrons. The predicted octanol–water partition coefficient (Wildman–Crippen LogP) is 1.00. The number of aliphatic hydroxyl groups excluding tert-OH is 1. The maximum atomic E-state index is 12.1. The van der Waals surface area contributed by atoms with Gasteiger partial charge in [-0.3, -0.25) is 0 Å². The summed E-state index contributed by atoms with van der Waals surface area (Å²) in [6.45, 7) is 4.61. The van der Waals surface area contributed by atoms with Crippen LogP contribution in [-0.2, 0) is 16.6 Å². The van der Waals surface area contributed by atoms with E-state index >= 15 is 0 Å². The fourth-order valence-electron chi connectivity index (χ4n) is 2.29. The van der Waals surface area contributed by atoms with Crippen LogP contribution in [0.2, 0.25) is 0 Å². The van der Waals surface area contributed by atoms with E-state index in [1.165, 1.54) is 18.9 Å². The van der Waals surface area contributed by atoms with E-state index in [2.05, 4.69) is 9.62 Å². The van der Waals surface area contributed by atoms with Gasteiger partial charge in [-0.25, -0.2) is 13.1 Å². The van der Waals surface area contributed by atoms with Crippen LogP contribution in [-0.4, -0.2) is 44.1 Å². The van der Waals surface area contributed by atoms with Crippen LogP contribution in [0.5, 0.6) is 0 Å². The Morgan fingerprint density at radius 1 is 1.47 bits per heavy atom. The molecule has 2 N–H and O–H groups in total. The fourth-order valence-corrected chi connectivity index (χ4v) is 4.74. The molecule has 2 heterocycles. The Bertz CT molecular complexity index is 507. The van der Waals surface area contributed by atoms with Crippen molar-refractivity contribution in [2.75, 3.05) is 19.6 Å². The highest BCUT2D eigenvalue weighted by molar-refractivity contribution is 7.91. The van der Waals surface area contributed by atoms with Crippen molar-refractivity contribution in [2.24, 2.45) is 0 Å². The van der Waals surface area contributed by atoms with Gasteiger partial charge >= 0.3 is 0 Å². The van der Waals surface area contributed by atoms with E-state index in [9.17, 15) is 8.42 Å². The molecule has 0 aromatic carbocycles. The molecule has 1 aromatic rings. The molecule has 2 rings (SSSR count). The third-order valence-electron chi connectivity index (χ3n) is 3.16. The molecule has 0 bridgehead atoms. The van der Waals surface area contributed by atoms with Gasteiger partial charge in [0, 0.05) is 12.6 Å². The lowest BCUT2D eigenvalue weighted by Gasteiger charge is -2.20. The molecule has 7 heteroatoms. The van der Waals surface area contributed by atoms with Crippen LogP contribution in [0.25, 0.3) is 0 Å². The molecule has 0 amide bonds. The number of hydrogen-bond acceptors (Lipinski definition) is 5. The molecule has 1 aromatic heterocycles. The first-order valence-electron chi connectivity index (χ1n) is 6.44. The zero-order valence-corrected chi connectivity index (χ0v) is 12.6. The number of sulfonamides is 1. The molecule has 1 aliphatic heterocycles. The van der Waals surface area contributed by atoms with Gasteiger partial charge in [0.1, 0.15) is 4.21 Å². The molecule has 0 radical (unpaired) electrons. The Kier molecular flexibility index (Phi) is 4.97. The molecule has 19 heavy (non-hydrogen) atoms. The van der Waals surface area contributed by atoms with E-state index in [1.807, 2.05) is 6.92 Å². The summed E-state index contributed by atoms with van der Waals surface area (Å²) in [6.07, 6.45) is 2.40. The van der Waals surface area contributed by atoms with Crippen molar-refractivity contribution in [3.05, 3.63) is 17.0 Å². The molecule has 5 nitrogen and oxygen atoms in total. The van der Waals surface area contributed by atoms with Crippen LogP contribution in [0.1, 0.15) is 25.3 Å². The van der Waals surface area contributed by atoms with Crippen molar-refractivity contribution in [3.8, 4) is 0 Å². The SMILES string of the molecule is CC(CN1CCCC1)NS(=O)(=O)c1cc(CO)cs1. The van der Waals surface area contributed by atoms with E-state index in [0.29, 0.717) is 5.56 Å². The predicted molar refractivity (Wildman–Crippen MR) is 75.7 cm³/mol. The zero-order chi connectivity index (χ0) is 13.9. The highest BCUT2D eigenvalue weighted by Gasteiger charge is 2.22. The normalized spacial score (nSPS) is 18.8. The Labute approximate surface area is 118 Å². The van der Waals surface area contributed by atoms with Gasteiger partial charge in [-0.2, -0.15) is 0 Å². The number of thiophene rings is 1. The first kappa shape index (κ1) is 14.9. The molecule has 0 saturated carbocycles. The van der Waals surface area contributed by atoms with Crippen LogP contribution in [0, 0.1) is 0 Å². The lowest BCUT2D eigenvalue weighted by Crippen LogP contribution is -2.40. The second-order valence-corrected chi connectivity index (χ2v) is 7.81. The van der Waals surface area contributed by atoms with Crippen molar-refractivity contribution < 1.29 is 13.5 Å². The van der Waals surface area contributed by atoms with E-state index < -0.39 is 10.0 Å². The molecule has 1 unspecified atom stereocenters. The Hall–Kier alpha value is -0.470. The highest BCUT2D eigenvalue weighted by Crippen LogP contribution is 2.20. The molecule has 1 saturated heterocycles. The average molecular weight is 304 g/mol. The van der Waals surface area contributed by atoms with Crippen molar-refractivity contribution in [1.82, 2.24) is 9.62 Å². The second-order valence-electron chi connectivity index (χ2n) is 4.96. The first-order valence-corrected chi connectivity index (χ1v) is 8.80. The summed E-state index contributed by atoms with van der Waals surface area (Å²) in [6, 6.07) is 1.41. The zero-order valence-electron chi connectivity index (χ0n) is 11.0.